The van der Waals surface area contributed by atoms with Gasteiger partial charge < -0.3 is 14.5 Å². The van der Waals surface area contributed by atoms with E-state index in [1.807, 2.05) is 18.2 Å². The number of likely N-dealkylation sites (N-methyl/N-ethyl adjacent to an activating group) is 1. The molecule has 20 heavy (non-hydrogen) atoms. The Kier molecular flexibility index (Phi) is 5.26. The molecule has 0 saturated carbocycles. The number of furan rings is 1. The lowest BCUT2D eigenvalue weighted by Gasteiger charge is -2.18. The maximum Gasteiger partial charge on any atom is 0.123 e. The normalized spacial score (nSPS) is 12.4. The summed E-state index contributed by atoms with van der Waals surface area (Å²) >= 11 is 3.61. The zero-order chi connectivity index (χ0) is 14.5. The lowest BCUT2D eigenvalue weighted by molar-refractivity contribution is 0.406. The number of hydrogen-bond donors (Lipinski definition) is 1. The van der Waals surface area contributed by atoms with Gasteiger partial charge in [0.2, 0.25) is 0 Å². The van der Waals surface area contributed by atoms with Gasteiger partial charge in [-0.3, -0.25) is 0 Å². The van der Waals surface area contributed by atoms with Crippen LogP contribution in [0.2, 0.25) is 0 Å². The van der Waals surface area contributed by atoms with Gasteiger partial charge in [0.15, 0.2) is 0 Å². The molecule has 4 heteroatoms. The molecule has 1 unspecified atom stereocenters. The fraction of sp³-hybridized carbons (Fsp3) is 0.375. The molecule has 0 saturated heterocycles. The Morgan fingerprint density at radius 1 is 1.35 bits per heavy atom. The molecule has 0 aliphatic rings. The summed E-state index contributed by atoms with van der Waals surface area (Å²) in [5, 5.41) is 3.48. The number of rotatable bonds is 6. The minimum Gasteiger partial charge on any atom is -0.497 e. The standard InChI is InChI=1S/C16H20BrNO2/c1-4-18-15(16-11(2)7-8-20-16)10-12-9-13(19-3)5-6-14(12)17/h5-9,15,18H,4,10H2,1-3H3. The average Bonchev–Trinajstić information content (AvgIpc) is 2.86. The van der Waals surface area contributed by atoms with Crippen LogP contribution in [-0.2, 0) is 6.42 Å². The first kappa shape index (κ1) is 15.1. The molecule has 0 radical (unpaired) electrons. The predicted molar refractivity (Wildman–Crippen MR) is 84.3 cm³/mol. The van der Waals surface area contributed by atoms with Crippen LogP contribution in [0, 0.1) is 6.92 Å². The second-order valence-corrected chi connectivity index (χ2v) is 5.59. The van der Waals surface area contributed by atoms with Gasteiger partial charge in [-0.2, -0.15) is 0 Å². The minimum absolute atomic E-state index is 0.165. The first-order valence-electron chi connectivity index (χ1n) is 6.75. The number of hydrogen-bond acceptors (Lipinski definition) is 3. The number of benzene rings is 1. The molecule has 0 bridgehead atoms. The Labute approximate surface area is 128 Å². The lowest BCUT2D eigenvalue weighted by Crippen LogP contribution is -2.23. The molecular weight excluding hydrogens is 318 g/mol. The fourth-order valence-corrected chi connectivity index (χ4v) is 2.71. The third-order valence-corrected chi connectivity index (χ3v) is 4.12. The lowest BCUT2D eigenvalue weighted by atomic mass is 10.0. The van der Waals surface area contributed by atoms with Crippen LogP contribution in [0.5, 0.6) is 5.75 Å². The van der Waals surface area contributed by atoms with Crippen molar-refractivity contribution in [3.05, 3.63) is 51.9 Å². The quantitative estimate of drug-likeness (QED) is 0.855. The van der Waals surface area contributed by atoms with Gasteiger partial charge in [0.05, 0.1) is 19.4 Å². The van der Waals surface area contributed by atoms with E-state index in [0.717, 1.165) is 28.9 Å². The van der Waals surface area contributed by atoms with E-state index in [-0.39, 0.29) is 6.04 Å². The molecule has 1 aromatic heterocycles. The first-order valence-corrected chi connectivity index (χ1v) is 7.54. The van der Waals surface area contributed by atoms with Crippen molar-refractivity contribution in [2.24, 2.45) is 0 Å². The van der Waals surface area contributed by atoms with E-state index in [0.29, 0.717) is 0 Å². The van der Waals surface area contributed by atoms with Crippen LogP contribution >= 0.6 is 15.9 Å². The zero-order valence-electron chi connectivity index (χ0n) is 12.1. The second-order valence-electron chi connectivity index (χ2n) is 4.74. The predicted octanol–water partition coefficient (Wildman–Crippen LogP) is 4.25. The highest BCUT2D eigenvalue weighted by Gasteiger charge is 2.18. The molecule has 1 N–H and O–H groups in total. The highest BCUT2D eigenvalue weighted by Crippen LogP contribution is 2.29. The Bertz CT molecular complexity index is 565. The number of aryl methyl sites for hydroxylation is 1. The van der Waals surface area contributed by atoms with Crippen molar-refractivity contribution in [1.29, 1.82) is 0 Å². The number of ether oxygens (including phenoxy) is 1. The van der Waals surface area contributed by atoms with Gasteiger partial charge in [-0.25, -0.2) is 0 Å². The summed E-state index contributed by atoms with van der Waals surface area (Å²) in [6.07, 6.45) is 2.59. The third kappa shape index (κ3) is 3.44. The van der Waals surface area contributed by atoms with E-state index in [1.54, 1.807) is 13.4 Å². The topological polar surface area (TPSA) is 34.4 Å². The van der Waals surface area contributed by atoms with Crippen molar-refractivity contribution in [3.8, 4) is 5.75 Å². The summed E-state index contributed by atoms with van der Waals surface area (Å²) in [5.41, 5.74) is 2.38. The Morgan fingerprint density at radius 3 is 2.75 bits per heavy atom. The van der Waals surface area contributed by atoms with Crippen LogP contribution in [-0.4, -0.2) is 13.7 Å². The molecule has 0 aliphatic carbocycles. The van der Waals surface area contributed by atoms with Gasteiger partial charge in [0.1, 0.15) is 11.5 Å². The van der Waals surface area contributed by atoms with E-state index in [2.05, 4.69) is 41.2 Å². The molecule has 1 heterocycles. The molecule has 1 atom stereocenters. The van der Waals surface area contributed by atoms with Crippen LogP contribution in [0.15, 0.2) is 39.4 Å². The molecule has 2 rings (SSSR count). The smallest absolute Gasteiger partial charge is 0.123 e. The zero-order valence-corrected chi connectivity index (χ0v) is 13.7. The fourth-order valence-electron chi connectivity index (χ4n) is 2.30. The Morgan fingerprint density at radius 2 is 2.15 bits per heavy atom. The van der Waals surface area contributed by atoms with Gasteiger partial charge >= 0.3 is 0 Å². The number of methoxy groups -OCH3 is 1. The Hall–Kier alpha value is -1.26. The van der Waals surface area contributed by atoms with Crippen molar-refractivity contribution in [1.82, 2.24) is 5.32 Å². The summed E-state index contributed by atoms with van der Waals surface area (Å²) in [6, 6.07) is 8.20. The summed E-state index contributed by atoms with van der Waals surface area (Å²) in [6.45, 7) is 5.07. The largest absolute Gasteiger partial charge is 0.497 e. The molecule has 0 fully saturated rings. The molecule has 0 spiro atoms. The highest BCUT2D eigenvalue weighted by atomic mass is 79.9. The maximum atomic E-state index is 5.64. The molecular formula is C16H20BrNO2. The molecule has 0 aliphatic heterocycles. The second kappa shape index (κ2) is 6.95. The van der Waals surface area contributed by atoms with E-state index >= 15 is 0 Å². The maximum absolute atomic E-state index is 5.64. The van der Waals surface area contributed by atoms with E-state index in [9.17, 15) is 0 Å². The SMILES string of the molecule is CCNC(Cc1cc(OC)ccc1Br)c1occc1C. The van der Waals surface area contributed by atoms with Gasteiger partial charge in [-0.15, -0.1) is 0 Å². The number of nitrogens with one attached hydrogen (secondary N) is 1. The summed E-state index contributed by atoms with van der Waals surface area (Å²) in [7, 11) is 1.69. The summed E-state index contributed by atoms with van der Waals surface area (Å²) in [5.74, 6) is 1.87. The van der Waals surface area contributed by atoms with Gasteiger partial charge in [0.25, 0.3) is 0 Å². The van der Waals surface area contributed by atoms with E-state index in [1.165, 1.54) is 11.1 Å². The van der Waals surface area contributed by atoms with Crippen molar-refractivity contribution in [2.45, 2.75) is 26.3 Å². The van der Waals surface area contributed by atoms with Crippen LogP contribution < -0.4 is 10.1 Å². The van der Waals surface area contributed by atoms with Gasteiger partial charge in [-0.05, 0) is 55.3 Å². The van der Waals surface area contributed by atoms with Crippen molar-refractivity contribution in [3.63, 3.8) is 0 Å². The van der Waals surface area contributed by atoms with Crippen molar-refractivity contribution >= 4 is 15.9 Å². The summed E-state index contributed by atoms with van der Waals surface area (Å²) < 4.78 is 12.0. The highest BCUT2D eigenvalue weighted by molar-refractivity contribution is 9.10. The van der Waals surface area contributed by atoms with Crippen molar-refractivity contribution < 1.29 is 9.15 Å². The van der Waals surface area contributed by atoms with Crippen LogP contribution in [0.4, 0.5) is 0 Å². The van der Waals surface area contributed by atoms with Crippen LogP contribution in [0.3, 0.4) is 0 Å². The number of halogens is 1. The van der Waals surface area contributed by atoms with Gasteiger partial charge in [0, 0.05) is 4.47 Å². The molecule has 3 nitrogen and oxygen atoms in total. The summed E-state index contributed by atoms with van der Waals surface area (Å²) in [4.78, 5) is 0. The molecule has 0 amide bonds. The molecule has 2 aromatic rings. The first-order chi connectivity index (χ1) is 9.65. The van der Waals surface area contributed by atoms with Gasteiger partial charge in [-0.1, -0.05) is 22.9 Å². The van der Waals surface area contributed by atoms with Crippen LogP contribution in [0.25, 0.3) is 0 Å². The van der Waals surface area contributed by atoms with E-state index < -0.39 is 0 Å². The van der Waals surface area contributed by atoms with E-state index in [4.69, 9.17) is 9.15 Å². The monoisotopic (exact) mass is 337 g/mol. The molecule has 108 valence electrons. The van der Waals surface area contributed by atoms with Crippen LogP contribution in [0.1, 0.15) is 29.9 Å². The van der Waals surface area contributed by atoms with Crippen molar-refractivity contribution in [2.75, 3.05) is 13.7 Å². The average molecular weight is 338 g/mol. The molecule has 1 aromatic carbocycles. The third-order valence-electron chi connectivity index (χ3n) is 3.35. The minimum atomic E-state index is 0.165. The Balaban J connectivity index is 2.26.